The third-order valence-corrected chi connectivity index (χ3v) is 3.75. The van der Waals surface area contributed by atoms with Gasteiger partial charge >= 0.3 is 11.9 Å². The van der Waals surface area contributed by atoms with Crippen molar-refractivity contribution in [1.82, 2.24) is 5.32 Å². The predicted molar refractivity (Wildman–Crippen MR) is 84.9 cm³/mol. The summed E-state index contributed by atoms with van der Waals surface area (Å²) < 4.78 is 9.41. The quantitative estimate of drug-likeness (QED) is 0.826. The van der Waals surface area contributed by atoms with Crippen molar-refractivity contribution in [2.45, 2.75) is 0 Å². The van der Waals surface area contributed by atoms with Crippen molar-refractivity contribution in [3.05, 3.63) is 57.8 Å². The summed E-state index contributed by atoms with van der Waals surface area (Å²) in [5.74, 6) is -2.90. The maximum atomic E-state index is 12.0. The van der Waals surface area contributed by atoms with Gasteiger partial charge in [-0.3, -0.25) is 14.9 Å². The second kappa shape index (κ2) is 8.02. The van der Waals surface area contributed by atoms with E-state index in [1.165, 1.54) is 30.6 Å². The van der Waals surface area contributed by atoms with Crippen molar-refractivity contribution in [2.75, 3.05) is 13.7 Å². The number of amides is 2. The fourth-order valence-electron chi connectivity index (χ4n) is 1.79. The zero-order valence-electron chi connectivity index (χ0n) is 12.6. The van der Waals surface area contributed by atoms with Crippen LogP contribution in [0.25, 0.3) is 0 Å². The predicted octanol–water partition coefficient (Wildman–Crippen LogP) is 1.65. The number of carbonyl (C=O) groups is 4. The summed E-state index contributed by atoms with van der Waals surface area (Å²) in [6.07, 6.45) is 0. The van der Waals surface area contributed by atoms with E-state index in [1.54, 1.807) is 29.6 Å². The van der Waals surface area contributed by atoms with Gasteiger partial charge in [0.2, 0.25) is 0 Å². The van der Waals surface area contributed by atoms with Crippen LogP contribution >= 0.6 is 11.3 Å². The Balaban J connectivity index is 1.95. The zero-order chi connectivity index (χ0) is 17.5. The number of methoxy groups -OCH3 is 1. The first-order valence-electron chi connectivity index (χ1n) is 6.75. The number of rotatable bonds is 5. The third-order valence-electron chi connectivity index (χ3n) is 2.88. The van der Waals surface area contributed by atoms with Gasteiger partial charge in [-0.1, -0.05) is 18.2 Å². The van der Waals surface area contributed by atoms with Gasteiger partial charge in [-0.2, -0.15) is 0 Å². The molecule has 7 nitrogen and oxygen atoms in total. The van der Waals surface area contributed by atoms with Crippen molar-refractivity contribution >= 4 is 35.1 Å². The van der Waals surface area contributed by atoms with E-state index < -0.39 is 30.4 Å². The minimum atomic E-state index is -0.866. The Labute approximate surface area is 141 Å². The fraction of sp³-hybridized carbons (Fsp3) is 0.125. The molecule has 1 N–H and O–H groups in total. The lowest BCUT2D eigenvalue weighted by Crippen LogP contribution is -2.33. The first kappa shape index (κ1) is 17.4. The minimum absolute atomic E-state index is 0.0262. The van der Waals surface area contributed by atoms with Crippen molar-refractivity contribution in [3.63, 3.8) is 0 Å². The summed E-state index contributed by atoms with van der Waals surface area (Å²) in [6.45, 7) is -0.647. The van der Waals surface area contributed by atoms with E-state index in [2.05, 4.69) is 10.1 Å². The molecule has 24 heavy (non-hydrogen) atoms. The Kier molecular flexibility index (Phi) is 5.80. The Morgan fingerprint density at radius 1 is 1.00 bits per heavy atom. The van der Waals surface area contributed by atoms with Gasteiger partial charge in [-0.05, 0) is 23.6 Å². The van der Waals surface area contributed by atoms with Crippen LogP contribution < -0.4 is 5.32 Å². The molecule has 8 heteroatoms. The van der Waals surface area contributed by atoms with Crippen LogP contribution in [0.15, 0.2) is 41.8 Å². The van der Waals surface area contributed by atoms with E-state index in [4.69, 9.17) is 4.74 Å². The first-order chi connectivity index (χ1) is 11.5. The molecule has 0 bridgehead atoms. The number of nitrogens with one attached hydrogen (secondary N) is 1. The molecule has 0 unspecified atom stereocenters. The number of hydrogen-bond donors (Lipinski definition) is 1. The highest BCUT2D eigenvalue weighted by atomic mass is 32.1. The average Bonchev–Trinajstić information content (AvgIpc) is 3.13. The summed E-state index contributed by atoms with van der Waals surface area (Å²) in [5, 5.41) is 3.80. The maximum Gasteiger partial charge on any atom is 0.339 e. The molecule has 2 aromatic rings. The Morgan fingerprint density at radius 2 is 1.67 bits per heavy atom. The van der Waals surface area contributed by atoms with Crippen molar-refractivity contribution < 1.29 is 28.7 Å². The first-order valence-corrected chi connectivity index (χ1v) is 7.63. The SMILES string of the molecule is COC(=O)c1ccccc1C(=O)OCC(=O)NC(=O)c1cccs1. The van der Waals surface area contributed by atoms with Crippen LogP contribution in [0.2, 0.25) is 0 Å². The monoisotopic (exact) mass is 347 g/mol. The van der Waals surface area contributed by atoms with E-state index in [0.29, 0.717) is 4.88 Å². The minimum Gasteiger partial charge on any atom is -0.465 e. The summed E-state index contributed by atoms with van der Waals surface area (Å²) in [4.78, 5) is 47.3. The highest BCUT2D eigenvalue weighted by Crippen LogP contribution is 2.12. The van der Waals surface area contributed by atoms with Gasteiger partial charge in [-0.15, -0.1) is 11.3 Å². The number of benzene rings is 1. The van der Waals surface area contributed by atoms with Gasteiger partial charge in [0.1, 0.15) is 0 Å². The van der Waals surface area contributed by atoms with Crippen LogP contribution in [0.5, 0.6) is 0 Å². The molecule has 2 rings (SSSR count). The van der Waals surface area contributed by atoms with E-state index in [-0.39, 0.29) is 11.1 Å². The summed E-state index contributed by atoms with van der Waals surface area (Å²) in [6, 6.07) is 9.13. The van der Waals surface area contributed by atoms with Gasteiger partial charge in [0.05, 0.1) is 23.1 Å². The third kappa shape index (κ3) is 4.26. The highest BCUT2D eigenvalue weighted by molar-refractivity contribution is 7.12. The molecule has 0 fully saturated rings. The number of esters is 2. The van der Waals surface area contributed by atoms with Gasteiger partial charge in [0.25, 0.3) is 11.8 Å². The number of ether oxygens (including phenoxy) is 2. The van der Waals surface area contributed by atoms with Crippen molar-refractivity contribution in [1.29, 1.82) is 0 Å². The number of carbonyl (C=O) groups excluding carboxylic acids is 4. The molecule has 124 valence electrons. The second-order valence-electron chi connectivity index (χ2n) is 4.47. The summed E-state index contributed by atoms with van der Waals surface area (Å²) >= 11 is 1.18. The molecule has 0 saturated heterocycles. The molecule has 0 aliphatic carbocycles. The molecular weight excluding hydrogens is 334 g/mol. The van der Waals surface area contributed by atoms with Crippen LogP contribution in [0.4, 0.5) is 0 Å². The largest absolute Gasteiger partial charge is 0.465 e. The number of thiophene rings is 1. The molecule has 0 radical (unpaired) electrons. The fourth-order valence-corrected chi connectivity index (χ4v) is 2.41. The maximum absolute atomic E-state index is 12.0. The summed E-state index contributed by atoms with van der Waals surface area (Å²) in [7, 11) is 1.19. The molecule has 1 aromatic heterocycles. The van der Waals surface area contributed by atoms with Gasteiger partial charge in [0.15, 0.2) is 6.61 Å². The van der Waals surface area contributed by atoms with Crippen molar-refractivity contribution in [2.24, 2.45) is 0 Å². The number of imide groups is 1. The van der Waals surface area contributed by atoms with Crippen LogP contribution in [-0.4, -0.2) is 37.5 Å². The van der Waals surface area contributed by atoms with Crippen LogP contribution in [-0.2, 0) is 14.3 Å². The lowest BCUT2D eigenvalue weighted by Gasteiger charge is -2.08. The summed E-state index contributed by atoms with van der Waals surface area (Å²) in [5.41, 5.74) is 0.00167. The van der Waals surface area contributed by atoms with Crippen LogP contribution in [0.3, 0.4) is 0 Å². The lowest BCUT2D eigenvalue weighted by atomic mass is 10.1. The second-order valence-corrected chi connectivity index (χ2v) is 5.42. The van der Waals surface area contributed by atoms with E-state index in [0.717, 1.165) is 0 Å². The normalized spacial score (nSPS) is 9.88. The Bertz CT molecular complexity index is 769. The smallest absolute Gasteiger partial charge is 0.339 e. The molecule has 0 aliphatic rings. The molecule has 0 spiro atoms. The Hall–Kier alpha value is -3.00. The topological polar surface area (TPSA) is 98.8 Å². The molecule has 0 saturated carbocycles. The average molecular weight is 347 g/mol. The lowest BCUT2D eigenvalue weighted by molar-refractivity contribution is -0.123. The van der Waals surface area contributed by atoms with E-state index in [9.17, 15) is 19.2 Å². The van der Waals surface area contributed by atoms with E-state index in [1.807, 2.05) is 0 Å². The standard InChI is InChI=1S/C16H13NO6S/c1-22-15(20)10-5-2-3-6-11(10)16(21)23-9-13(18)17-14(19)12-7-4-8-24-12/h2-8H,9H2,1H3,(H,17,18,19). The van der Waals surface area contributed by atoms with Crippen molar-refractivity contribution in [3.8, 4) is 0 Å². The molecule has 0 aliphatic heterocycles. The van der Waals surface area contributed by atoms with Gasteiger partial charge in [-0.25, -0.2) is 9.59 Å². The van der Waals surface area contributed by atoms with Crippen LogP contribution in [0, 0.1) is 0 Å². The molecular formula is C16H13NO6S. The van der Waals surface area contributed by atoms with Gasteiger partial charge in [0, 0.05) is 0 Å². The van der Waals surface area contributed by atoms with Gasteiger partial charge < -0.3 is 9.47 Å². The molecule has 0 atom stereocenters. The number of hydrogen-bond acceptors (Lipinski definition) is 7. The Morgan fingerprint density at radius 3 is 2.25 bits per heavy atom. The molecule has 1 aromatic carbocycles. The molecule has 2 amide bonds. The zero-order valence-corrected chi connectivity index (χ0v) is 13.4. The highest BCUT2D eigenvalue weighted by Gasteiger charge is 2.19. The van der Waals surface area contributed by atoms with Crippen LogP contribution in [0.1, 0.15) is 30.4 Å². The molecule has 1 heterocycles. The van der Waals surface area contributed by atoms with E-state index >= 15 is 0 Å².